The first-order valence-electron chi connectivity index (χ1n) is 6.42. The fraction of sp³-hybridized carbons (Fsp3) is 0.357. The molecule has 112 valence electrons. The fourth-order valence-electron chi connectivity index (χ4n) is 2.10. The van der Waals surface area contributed by atoms with Crippen molar-refractivity contribution in [3.05, 3.63) is 34.7 Å². The third-order valence-electron chi connectivity index (χ3n) is 3.34. The molecule has 0 aliphatic rings. The number of rotatable bonds is 4. The number of imidazole rings is 1. The van der Waals surface area contributed by atoms with E-state index < -0.39 is 17.4 Å². The first kappa shape index (κ1) is 14.8. The number of carbonyl (C=O) groups is 2. The van der Waals surface area contributed by atoms with Crippen LogP contribution in [0.25, 0.3) is 11.0 Å². The zero-order chi connectivity index (χ0) is 15.8. The molecule has 0 saturated heterocycles. The second-order valence-corrected chi connectivity index (χ2v) is 5.39. The molecule has 0 radical (unpaired) electrons. The molecule has 0 aliphatic carbocycles. The predicted molar refractivity (Wildman–Crippen MR) is 77.0 cm³/mol. The quantitative estimate of drug-likeness (QED) is 0.848. The highest BCUT2D eigenvalue weighted by molar-refractivity contribution is 5.87. The summed E-state index contributed by atoms with van der Waals surface area (Å²) in [4.78, 5) is 35.2. The van der Waals surface area contributed by atoms with Gasteiger partial charge in [0.25, 0.3) is 0 Å². The van der Waals surface area contributed by atoms with Gasteiger partial charge in [-0.2, -0.15) is 0 Å². The van der Waals surface area contributed by atoms with E-state index in [0.717, 1.165) is 0 Å². The van der Waals surface area contributed by atoms with Crippen molar-refractivity contribution in [3.8, 4) is 0 Å². The van der Waals surface area contributed by atoms with E-state index in [9.17, 15) is 14.4 Å². The van der Waals surface area contributed by atoms with Crippen molar-refractivity contribution in [2.24, 2.45) is 7.05 Å². The molecule has 7 heteroatoms. The molecule has 0 unspecified atom stereocenters. The number of aromatic nitrogens is 2. The maximum absolute atomic E-state index is 12.2. The average molecular weight is 291 g/mol. The molecule has 2 N–H and O–H groups in total. The van der Waals surface area contributed by atoms with Crippen LogP contribution in [0.4, 0.5) is 0 Å². The van der Waals surface area contributed by atoms with Crippen LogP contribution in [-0.2, 0) is 23.2 Å². The number of amides is 1. The van der Waals surface area contributed by atoms with Crippen LogP contribution in [-0.4, -0.2) is 31.7 Å². The van der Waals surface area contributed by atoms with Gasteiger partial charge in [-0.25, -0.2) is 9.59 Å². The van der Waals surface area contributed by atoms with Crippen molar-refractivity contribution in [1.29, 1.82) is 0 Å². The van der Waals surface area contributed by atoms with Gasteiger partial charge in [-0.05, 0) is 26.0 Å². The van der Waals surface area contributed by atoms with E-state index >= 15 is 0 Å². The minimum absolute atomic E-state index is 0.225. The smallest absolute Gasteiger partial charge is 0.329 e. The van der Waals surface area contributed by atoms with Crippen LogP contribution in [0.15, 0.2) is 29.1 Å². The van der Waals surface area contributed by atoms with Crippen LogP contribution in [0.2, 0.25) is 0 Å². The van der Waals surface area contributed by atoms with Gasteiger partial charge in [0.2, 0.25) is 5.91 Å². The number of aliphatic carboxylic acids is 1. The van der Waals surface area contributed by atoms with Gasteiger partial charge in [0.05, 0.1) is 11.0 Å². The fourth-order valence-corrected chi connectivity index (χ4v) is 2.10. The first-order valence-corrected chi connectivity index (χ1v) is 6.42. The van der Waals surface area contributed by atoms with Gasteiger partial charge in [0.15, 0.2) is 0 Å². The number of benzene rings is 1. The molecule has 0 spiro atoms. The summed E-state index contributed by atoms with van der Waals surface area (Å²) in [6.07, 6.45) is 0. The Bertz CT molecular complexity index is 770. The summed E-state index contributed by atoms with van der Waals surface area (Å²) in [5.41, 5.74) is -0.355. The summed E-state index contributed by atoms with van der Waals surface area (Å²) in [5, 5.41) is 11.4. The molecule has 1 aromatic heterocycles. The Balaban J connectivity index is 2.33. The van der Waals surface area contributed by atoms with Crippen LogP contribution in [0.3, 0.4) is 0 Å². The van der Waals surface area contributed by atoms with E-state index in [0.29, 0.717) is 11.0 Å². The number of carboxylic acids is 1. The first-order chi connectivity index (χ1) is 9.74. The maximum Gasteiger partial charge on any atom is 0.329 e. The lowest BCUT2D eigenvalue weighted by Gasteiger charge is -2.21. The molecule has 2 aromatic rings. The lowest BCUT2D eigenvalue weighted by Crippen LogP contribution is -2.51. The summed E-state index contributed by atoms with van der Waals surface area (Å²) < 4.78 is 2.77. The number of carboxylic acid groups (broad SMARTS) is 1. The summed E-state index contributed by atoms with van der Waals surface area (Å²) in [6, 6.07) is 7.11. The molecule has 1 heterocycles. The highest BCUT2D eigenvalue weighted by Gasteiger charge is 2.29. The molecule has 0 aliphatic heterocycles. The van der Waals surface area contributed by atoms with Crippen molar-refractivity contribution in [1.82, 2.24) is 14.5 Å². The van der Waals surface area contributed by atoms with E-state index in [-0.39, 0.29) is 12.2 Å². The minimum atomic E-state index is -1.38. The topological polar surface area (TPSA) is 93.3 Å². The van der Waals surface area contributed by atoms with Gasteiger partial charge in [0.1, 0.15) is 12.1 Å². The lowest BCUT2D eigenvalue weighted by molar-refractivity contribution is -0.146. The third-order valence-corrected chi connectivity index (χ3v) is 3.34. The van der Waals surface area contributed by atoms with Crippen LogP contribution < -0.4 is 11.0 Å². The molecule has 0 fully saturated rings. The Labute approximate surface area is 120 Å². The summed E-state index contributed by atoms with van der Waals surface area (Å²) >= 11 is 0. The highest BCUT2D eigenvalue weighted by atomic mass is 16.4. The van der Waals surface area contributed by atoms with Crippen LogP contribution in [0, 0.1) is 0 Å². The number of nitrogens with one attached hydrogen (secondary N) is 1. The molecule has 21 heavy (non-hydrogen) atoms. The molecular formula is C14H17N3O4. The van der Waals surface area contributed by atoms with Gasteiger partial charge in [-0.1, -0.05) is 12.1 Å². The zero-order valence-corrected chi connectivity index (χ0v) is 12.1. The molecule has 2 rings (SSSR count). The van der Waals surface area contributed by atoms with Crippen molar-refractivity contribution in [2.45, 2.75) is 25.9 Å². The van der Waals surface area contributed by atoms with Crippen LogP contribution in [0.1, 0.15) is 13.8 Å². The van der Waals surface area contributed by atoms with Gasteiger partial charge in [0, 0.05) is 7.05 Å². The van der Waals surface area contributed by atoms with Crippen molar-refractivity contribution >= 4 is 22.9 Å². The van der Waals surface area contributed by atoms with Crippen LogP contribution in [0.5, 0.6) is 0 Å². The van der Waals surface area contributed by atoms with E-state index in [1.165, 1.54) is 23.0 Å². The Morgan fingerprint density at radius 1 is 1.24 bits per heavy atom. The number of nitrogens with zero attached hydrogens (tertiary/aromatic N) is 2. The van der Waals surface area contributed by atoms with E-state index in [2.05, 4.69) is 5.32 Å². The molecule has 7 nitrogen and oxygen atoms in total. The molecule has 1 aromatic carbocycles. The maximum atomic E-state index is 12.2. The molecule has 0 atom stereocenters. The van der Waals surface area contributed by atoms with Crippen molar-refractivity contribution < 1.29 is 14.7 Å². The van der Waals surface area contributed by atoms with Gasteiger partial charge in [-0.3, -0.25) is 13.9 Å². The Morgan fingerprint density at radius 3 is 2.38 bits per heavy atom. The average Bonchev–Trinajstić information content (AvgIpc) is 2.64. The van der Waals surface area contributed by atoms with E-state index in [1.807, 2.05) is 0 Å². The van der Waals surface area contributed by atoms with Crippen molar-refractivity contribution in [2.75, 3.05) is 0 Å². The SMILES string of the molecule is Cn1c(=O)n(CC(=O)NC(C)(C)C(=O)O)c2ccccc21. The second kappa shape index (κ2) is 5.08. The Hall–Kier alpha value is -2.57. The lowest BCUT2D eigenvalue weighted by atomic mass is 10.1. The zero-order valence-electron chi connectivity index (χ0n) is 12.1. The highest BCUT2D eigenvalue weighted by Crippen LogP contribution is 2.11. The van der Waals surface area contributed by atoms with Gasteiger partial charge < -0.3 is 10.4 Å². The van der Waals surface area contributed by atoms with E-state index in [4.69, 9.17) is 5.11 Å². The number of carbonyl (C=O) groups excluding carboxylic acids is 1. The van der Waals surface area contributed by atoms with E-state index in [1.54, 1.807) is 31.3 Å². The Kier molecular flexibility index (Phi) is 3.59. The second-order valence-electron chi connectivity index (χ2n) is 5.39. The predicted octanol–water partition coefficient (Wildman–Crippen LogP) is 0.319. The number of aryl methyl sites for hydroxylation is 1. The molecule has 0 saturated carbocycles. The van der Waals surface area contributed by atoms with Gasteiger partial charge in [-0.15, -0.1) is 0 Å². The monoisotopic (exact) mass is 291 g/mol. The largest absolute Gasteiger partial charge is 0.480 e. The standard InChI is InChI=1S/C14H17N3O4/c1-14(2,12(19)20)15-11(18)8-17-10-7-5-4-6-9(10)16(3)13(17)21/h4-7H,8H2,1-3H3,(H,15,18)(H,19,20). The van der Waals surface area contributed by atoms with Crippen molar-refractivity contribution in [3.63, 3.8) is 0 Å². The van der Waals surface area contributed by atoms with Crippen LogP contribution >= 0.6 is 0 Å². The summed E-state index contributed by atoms with van der Waals surface area (Å²) in [5.74, 6) is -1.66. The number of para-hydroxylation sites is 2. The normalized spacial score (nSPS) is 11.6. The molecular weight excluding hydrogens is 274 g/mol. The summed E-state index contributed by atoms with van der Waals surface area (Å²) in [7, 11) is 1.63. The minimum Gasteiger partial charge on any atom is -0.480 e. The number of hydrogen-bond acceptors (Lipinski definition) is 3. The molecule has 1 amide bonds. The number of hydrogen-bond donors (Lipinski definition) is 2. The number of fused-ring (bicyclic) bond motifs is 1. The third kappa shape index (κ3) is 2.67. The summed E-state index contributed by atoms with van der Waals surface area (Å²) in [6.45, 7) is 2.55. The van der Waals surface area contributed by atoms with Gasteiger partial charge >= 0.3 is 11.7 Å². The molecule has 0 bridgehead atoms. The Morgan fingerprint density at radius 2 is 1.81 bits per heavy atom.